The zero-order valence-electron chi connectivity index (χ0n) is 15.8. The van der Waals surface area contributed by atoms with E-state index in [0.717, 1.165) is 50.6 Å². The van der Waals surface area contributed by atoms with Crippen molar-refractivity contribution in [2.24, 2.45) is 0 Å². The lowest BCUT2D eigenvalue weighted by Gasteiger charge is -2.36. The van der Waals surface area contributed by atoms with Crippen molar-refractivity contribution in [2.75, 3.05) is 37.6 Å². The average molecular weight is 353 g/mol. The molecule has 0 spiro atoms. The molecule has 1 fully saturated rings. The lowest BCUT2D eigenvalue weighted by Crippen LogP contribution is -2.47. The highest BCUT2D eigenvalue weighted by atomic mass is 15.4. The Kier molecular flexibility index (Phi) is 4.40. The molecule has 1 aliphatic rings. The molecule has 0 amide bonds. The summed E-state index contributed by atoms with van der Waals surface area (Å²) in [7, 11) is 0. The molecule has 0 unspecified atom stereocenters. The summed E-state index contributed by atoms with van der Waals surface area (Å²) in [6.45, 7) is 12.8. The van der Waals surface area contributed by atoms with Crippen LogP contribution >= 0.6 is 0 Å². The van der Waals surface area contributed by atoms with E-state index in [0.29, 0.717) is 0 Å². The minimum atomic E-state index is 0.0713. The van der Waals surface area contributed by atoms with E-state index in [2.05, 4.69) is 69.8 Å². The Bertz CT molecular complexity index is 852. The zero-order chi connectivity index (χ0) is 18.1. The molecule has 138 valence electrons. The van der Waals surface area contributed by atoms with Crippen LogP contribution < -0.4 is 4.90 Å². The van der Waals surface area contributed by atoms with Crippen LogP contribution in [-0.2, 0) is 12.0 Å². The highest BCUT2D eigenvalue weighted by Crippen LogP contribution is 2.24. The number of hydrogen-bond acceptors (Lipinski definition) is 5. The standard InChI is InChI=1S/C19H27N7/c1-19(2,3)17-15-25-14-16(4-5-18(25)21-17)24-11-8-23(9-12-24)10-13-26-7-6-20-22-26/h4-7,14-15H,8-13H2,1-3H3. The number of anilines is 1. The van der Waals surface area contributed by atoms with E-state index in [9.17, 15) is 0 Å². The Labute approximate surface area is 154 Å². The third kappa shape index (κ3) is 3.58. The summed E-state index contributed by atoms with van der Waals surface area (Å²) in [5.74, 6) is 0. The maximum absolute atomic E-state index is 4.75. The molecule has 3 aromatic heterocycles. The molecule has 3 aromatic rings. The molecule has 26 heavy (non-hydrogen) atoms. The van der Waals surface area contributed by atoms with Gasteiger partial charge in [-0.05, 0) is 12.1 Å². The molecule has 0 aromatic carbocycles. The number of aromatic nitrogens is 5. The van der Waals surface area contributed by atoms with E-state index >= 15 is 0 Å². The molecule has 0 aliphatic carbocycles. The number of piperazine rings is 1. The number of nitrogens with zero attached hydrogens (tertiary/aromatic N) is 7. The van der Waals surface area contributed by atoms with Gasteiger partial charge in [0.15, 0.2) is 0 Å². The molecule has 7 nitrogen and oxygen atoms in total. The van der Waals surface area contributed by atoms with Gasteiger partial charge in [0.25, 0.3) is 0 Å². The summed E-state index contributed by atoms with van der Waals surface area (Å²) in [4.78, 5) is 9.71. The van der Waals surface area contributed by atoms with E-state index in [1.807, 2.05) is 10.9 Å². The van der Waals surface area contributed by atoms with E-state index in [1.54, 1.807) is 6.20 Å². The lowest BCUT2D eigenvalue weighted by atomic mass is 9.93. The molecular formula is C19H27N7. The Morgan fingerprint density at radius 3 is 2.50 bits per heavy atom. The first-order valence-corrected chi connectivity index (χ1v) is 9.30. The normalized spacial score (nSPS) is 16.5. The van der Waals surface area contributed by atoms with Gasteiger partial charge in [-0.3, -0.25) is 9.58 Å². The molecule has 7 heteroatoms. The van der Waals surface area contributed by atoms with Crippen LogP contribution in [0.25, 0.3) is 5.65 Å². The first kappa shape index (κ1) is 17.0. The summed E-state index contributed by atoms with van der Waals surface area (Å²) in [6, 6.07) is 4.32. The van der Waals surface area contributed by atoms with Crippen LogP contribution in [0.5, 0.6) is 0 Å². The smallest absolute Gasteiger partial charge is 0.137 e. The van der Waals surface area contributed by atoms with Crippen molar-refractivity contribution < 1.29 is 0 Å². The van der Waals surface area contributed by atoms with Crippen molar-refractivity contribution in [2.45, 2.75) is 32.7 Å². The number of rotatable bonds is 4. The first-order valence-electron chi connectivity index (χ1n) is 9.30. The quantitative estimate of drug-likeness (QED) is 0.718. The first-order chi connectivity index (χ1) is 12.5. The van der Waals surface area contributed by atoms with Gasteiger partial charge < -0.3 is 9.30 Å². The van der Waals surface area contributed by atoms with Gasteiger partial charge in [-0.1, -0.05) is 26.0 Å². The van der Waals surface area contributed by atoms with E-state index in [1.165, 1.54) is 5.69 Å². The molecule has 1 aliphatic heterocycles. The third-order valence-corrected chi connectivity index (χ3v) is 5.06. The van der Waals surface area contributed by atoms with E-state index in [-0.39, 0.29) is 5.41 Å². The van der Waals surface area contributed by atoms with Gasteiger partial charge in [0, 0.05) is 56.7 Å². The number of hydrogen-bond donors (Lipinski definition) is 0. The average Bonchev–Trinajstić information content (AvgIpc) is 3.29. The van der Waals surface area contributed by atoms with Gasteiger partial charge in [-0.15, -0.1) is 5.10 Å². The third-order valence-electron chi connectivity index (χ3n) is 5.06. The van der Waals surface area contributed by atoms with E-state index < -0.39 is 0 Å². The number of imidazole rings is 1. The SMILES string of the molecule is CC(C)(C)c1cn2cc(N3CCN(CCn4ccnn4)CC3)ccc2n1. The lowest BCUT2D eigenvalue weighted by molar-refractivity contribution is 0.243. The van der Waals surface area contributed by atoms with Crippen LogP contribution in [0.2, 0.25) is 0 Å². The van der Waals surface area contributed by atoms with Crippen LogP contribution in [0.3, 0.4) is 0 Å². The Morgan fingerprint density at radius 2 is 1.81 bits per heavy atom. The van der Waals surface area contributed by atoms with Crippen LogP contribution in [0.1, 0.15) is 26.5 Å². The van der Waals surface area contributed by atoms with Gasteiger partial charge in [0.2, 0.25) is 0 Å². The Morgan fingerprint density at radius 1 is 1.00 bits per heavy atom. The molecular weight excluding hydrogens is 326 g/mol. The van der Waals surface area contributed by atoms with Gasteiger partial charge in [-0.2, -0.15) is 0 Å². The second-order valence-corrected chi connectivity index (χ2v) is 8.02. The van der Waals surface area contributed by atoms with Gasteiger partial charge >= 0.3 is 0 Å². The van der Waals surface area contributed by atoms with Gasteiger partial charge in [-0.25, -0.2) is 4.98 Å². The largest absolute Gasteiger partial charge is 0.368 e. The maximum Gasteiger partial charge on any atom is 0.137 e. The monoisotopic (exact) mass is 353 g/mol. The molecule has 0 bridgehead atoms. The summed E-state index contributed by atoms with van der Waals surface area (Å²) >= 11 is 0. The fourth-order valence-electron chi connectivity index (χ4n) is 3.35. The highest BCUT2D eigenvalue weighted by Gasteiger charge is 2.20. The number of pyridine rings is 1. The van der Waals surface area contributed by atoms with Crippen LogP contribution in [0.15, 0.2) is 36.9 Å². The van der Waals surface area contributed by atoms with Crippen molar-refractivity contribution in [1.82, 2.24) is 29.3 Å². The summed E-state index contributed by atoms with van der Waals surface area (Å²) < 4.78 is 4.05. The summed E-state index contributed by atoms with van der Waals surface area (Å²) in [5.41, 5.74) is 3.49. The minimum absolute atomic E-state index is 0.0713. The van der Waals surface area contributed by atoms with E-state index in [4.69, 9.17) is 4.98 Å². The molecule has 0 saturated carbocycles. The van der Waals surface area contributed by atoms with Crippen molar-refractivity contribution in [3.05, 3.63) is 42.6 Å². The Balaban J connectivity index is 1.39. The minimum Gasteiger partial charge on any atom is -0.368 e. The van der Waals surface area contributed by atoms with Crippen molar-refractivity contribution in [3.8, 4) is 0 Å². The predicted octanol–water partition coefficient (Wildman–Crippen LogP) is 2.05. The fraction of sp³-hybridized carbons (Fsp3) is 0.526. The summed E-state index contributed by atoms with van der Waals surface area (Å²) in [5, 5.41) is 7.89. The van der Waals surface area contributed by atoms with Crippen molar-refractivity contribution >= 4 is 11.3 Å². The predicted molar refractivity (Wildman–Crippen MR) is 103 cm³/mol. The topological polar surface area (TPSA) is 54.5 Å². The molecule has 0 N–H and O–H groups in total. The van der Waals surface area contributed by atoms with Gasteiger partial charge in [0.05, 0.1) is 24.1 Å². The van der Waals surface area contributed by atoms with Crippen LogP contribution in [0, 0.1) is 0 Å². The molecule has 0 atom stereocenters. The number of fused-ring (bicyclic) bond motifs is 1. The second-order valence-electron chi connectivity index (χ2n) is 8.02. The second kappa shape index (κ2) is 6.72. The van der Waals surface area contributed by atoms with Crippen molar-refractivity contribution in [3.63, 3.8) is 0 Å². The molecule has 4 heterocycles. The molecule has 4 rings (SSSR count). The summed E-state index contributed by atoms with van der Waals surface area (Å²) in [6.07, 6.45) is 8.02. The maximum atomic E-state index is 4.75. The molecule has 1 saturated heterocycles. The zero-order valence-corrected chi connectivity index (χ0v) is 15.8. The molecule has 0 radical (unpaired) electrons. The van der Waals surface area contributed by atoms with Crippen LogP contribution in [-0.4, -0.2) is 62.0 Å². The fourth-order valence-corrected chi connectivity index (χ4v) is 3.35. The van der Waals surface area contributed by atoms with Crippen molar-refractivity contribution in [1.29, 1.82) is 0 Å². The highest BCUT2D eigenvalue weighted by molar-refractivity contribution is 5.53. The van der Waals surface area contributed by atoms with Gasteiger partial charge in [0.1, 0.15) is 5.65 Å². The van der Waals surface area contributed by atoms with Crippen LogP contribution in [0.4, 0.5) is 5.69 Å². The Hall–Kier alpha value is -2.41.